The number of rotatable bonds is 7. The van der Waals surface area contributed by atoms with Gasteiger partial charge < -0.3 is 22.5 Å². The van der Waals surface area contributed by atoms with Crippen molar-refractivity contribution in [2.75, 3.05) is 0 Å². The van der Waals surface area contributed by atoms with Crippen LogP contribution < -0.4 is 9.30 Å². The van der Waals surface area contributed by atoms with Crippen molar-refractivity contribution in [1.82, 2.24) is 14.0 Å². The number of furan rings is 2. The molecule has 0 amide bonds. The fourth-order valence-corrected chi connectivity index (χ4v) is 10.5. The van der Waals surface area contributed by atoms with Gasteiger partial charge in [-0.2, -0.15) is 6.07 Å². The van der Waals surface area contributed by atoms with Gasteiger partial charge in [0.15, 0.2) is 0 Å². The van der Waals surface area contributed by atoms with Crippen LogP contribution in [0.15, 0.2) is 203 Å². The summed E-state index contributed by atoms with van der Waals surface area (Å²) >= 11 is 0. The molecule has 0 N–H and O–H groups in total. The fraction of sp³-hybridized carbons (Fsp3) is 0. The average Bonchev–Trinajstić information content (AvgIpc) is 4.13. The average molecular weight is 1050 g/mol. The number of hydrogen-bond acceptors (Lipinski definition) is 4. The molecule has 0 saturated heterocycles. The summed E-state index contributed by atoms with van der Waals surface area (Å²) in [6, 6.07) is 72.3. The number of fused-ring (bicyclic) bond motifs is 4. The molecule has 6 aromatic heterocycles. The minimum atomic E-state index is 0. The predicted octanol–water partition coefficient (Wildman–Crippen LogP) is 14.7. The molecule has 0 fully saturated rings. The predicted molar refractivity (Wildman–Crippen MR) is 265 cm³/mol. The van der Waals surface area contributed by atoms with E-state index in [1.165, 1.54) is 0 Å². The van der Waals surface area contributed by atoms with Gasteiger partial charge in [-0.05, 0) is 92.1 Å². The summed E-state index contributed by atoms with van der Waals surface area (Å²) in [6.45, 7) is 0. The van der Waals surface area contributed by atoms with Crippen molar-refractivity contribution in [3.05, 3.63) is 213 Å². The van der Waals surface area contributed by atoms with E-state index in [-0.39, 0.29) is 21.1 Å². The first-order valence-corrected chi connectivity index (χ1v) is 22.3. The molecule has 15 aromatic rings. The van der Waals surface area contributed by atoms with Crippen LogP contribution >= 0.6 is 0 Å². The summed E-state index contributed by atoms with van der Waals surface area (Å²) in [4.78, 5) is 4.79. The van der Waals surface area contributed by atoms with Crippen molar-refractivity contribution in [1.29, 1.82) is 0 Å². The SMILES string of the molecule is [Pt].[c-]1c(Oc2[c-]c3c4c(c2)oc2ccc5oc6ccc7c(c6c5c24)n3[c-][n+]7-c2c(-c3ccccc3)cccc2-c2ccccc2)ccc2c3cc(-c4ccccc4)ccc3n(-c3ccccn3)c12. The molecular formula is C60H32N4O3Pt-2. The van der Waals surface area contributed by atoms with E-state index in [1.807, 2.05) is 54.7 Å². The van der Waals surface area contributed by atoms with Gasteiger partial charge in [0, 0.05) is 60.6 Å². The topological polar surface area (TPSA) is 61.6 Å². The number of ether oxygens (including phenoxy) is 1. The Bertz CT molecular complexity index is 4350. The van der Waals surface area contributed by atoms with Crippen LogP contribution in [0.2, 0.25) is 0 Å². The molecule has 0 atom stereocenters. The maximum Gasteiger partial charge on any atom is 0.268 e. The third kappa shape index (κ3) is 5.57. The van der Waals surface area contributed by atoms with E-state index in [0.717, 1.165) is 122 Å². The van der Waals surface area contributed by atoms with Crippen LogP contribution in [0.25, 0.3) is 127 Å². The van der Waals surface area contributed by atoms with E-state index in [4.69, 9.17) is 18.6 Å². The Labute approximate surface area is 402 Å². The van der Waals surface area contributed by atoms with Crippen LogP contribution in [-0.4, -0.2) is 14.0 Å². The van der Waals surface area contributed by atoms with E-state index >= 15 is 0 Å². The van der Waals surface area contributed by atoms with Gasteiger partial charge >= 0.3 is 0 Å². The van der Waals surface area contributed by atoms with Crippen molar-refractivity contribution in [2.45, 2.75) is 0 Å². The van der Waals surface area contributed by atoms with E-state index in [9.17, 15) is 0 Å². The normalized spacial score (nSPS) is 12.0. The zero-order chi connectivity index (χ0) is 43.7. The Morgan fingerprint density at radius 1 is 0.485 bits per heavy atom. The van der Waals surface area contributed by atoms with Crippen molar-refractivity contribution < 1.29 is 39.2 Å². The van der Waals surface area contributed by atoms with E-state index < -0.39 is 0 Å². The van der Waals surface area contributed by atoms with Gasteiger partial charge in [0.2, 0.25) is 0 Å². The van der Waals surface area contributed by atoms with Gasteiger partial charge in [0.25, 0.3) is 6.33 Å². The quantitative estimate of drug-likeness (QED) is 0.118. The Morgan fingerprint density at radius 2 is 1.13 bits per heavy atom. The minimum absolute atomic E-state index is 0. The first-order valence-electron chi connectivity index (χ1n) is 22.3. The Hall–Kier alpha value is -8.51. The van der Waals surface area contributed by atoms with Crippen molar-refractivity contribution >= 4 is 82.2 Å². The molecule has 0 aliphatic heterocycles. The van der Waals surface area contributed by atoms with Crippen LogP contribution in [-0.2, 0) is 21.1 Å². The molecule has 68 heavy (non-hydrogen) atoms. The molecule has 0 bridgehead atoms. The van der Waals surface area contributed by atoms with E-state index in [1.54, 1.807) is 0 Å². The van der Waals surface area contributed by atoms with Crippen LogP contribution in [0.3, 0.4) is 0 Å². The van der Waals surface area contributed by atoms with Crippen LogP contribution in [0.1, 0.15) is 0 Å². The summed E-state index contributed by atoms with van der Waals surface area (Å²) < 4.78 is 26.7. The zero-order valence-corrected chi connectivity index (χ0v) is 38.1. The first-order chi connectivity index (χ1) is 33.2. The molecule has 0 radical (unpaired) electrons. The largest absolute Gasteiger partial charge is 0.510 e. The summed E-state index contributed by atoms with van der Waals surface area (Å²) in [5.74, 6) is 1.81. The standard InChI is InChI=1S/C60H32N4O3.Pt/c1-4-13-36(14-5-1)39-22-25-46-45(31-39)44-24-23-40(32-48(44)64(46)54-21-10-11-30-61-54)65-41-33-49-55-53(34-41)67-50-28-29-51-57(56(50)55)58-52(66-51)27-26-47-60(58)63(49)35-62(47)59-42(37-15-6-2-7-16-37)19-12-20-43(59)38-17-8-3-9-18-38;/h1-31,34H;/q-2;. The maximum atomic E-state index is 6.88. The monoisotopic (exact) mass is 1050 g/mol. The van der Waals surface area contributed by atoms with Crippen molar-refractivity contribution in [3.8, 4) is 56.4 Å². The number of para-hydroxylation sites is 1. The van der Waals surface area contributed by atoms with Crippen LogP contribution in [0, 0.1) is 18.5 Å². The second kappa shape index (κ2) is 14.7. The Kier molecular flexibility index (Phi) is 8.40. The second-order valence-corrected chi connectivity index (χ2v) is 17.1. The molecule has 15 rings (SSSR count). The first kappa shape index (κ1) is 38.7. The molecule has 322 valence electrons. The van der Waals surface area contributed by atoms with Gasteiger partial charge in [-0.25, -0.2) is 4.98 Å². The molecule has 0 spiro atoms. The maximum absolute atomic E-state index is 6.88. The molecule has 0 saturated carbocycles. The van der Waals surface area contributed by atoms with E-state index in [2.05, 4.69) is 172 Å². The minimum Gasteiger partial charge on any atom is -0.510 e. The fourth-order valence-electron chi connectivity index (χ4n) is 10.5. The van der Waals surface area contributed by atoms with Crippen LogP contribution in [0.5, 0.6) is 11.5 Å². The number of hydrogen-bond donors (Lipinski definition) is 0. The molecule has 6 heterocycles. The molecule has 8 heteroatoms. The van der Waals surface area contributed by atoms with Gasteiger partial charge in [-0.15, -0.1) is 23.6 Å². The van der Waals surface area contributed by atoms with Gasteiger partial charge in [-0.1, -0.05) is 144 Å². The van der Waals surface area contributed by atoms with Gasteiger partial charge in [0.1, 0.15) is 22.6 Å². The smallest absolute Gasteiger partial charge is 0.268 e. The number of nitrogens with zero attached hydrogens (tertiary/aromatic N) is 4. The number of imidazole rings is 1. The molecule has 0 aliphatic rings. The molecule has 7 nitrogen and oxygen atoms in total. The zero-order valence-electron chi connectivity index (χ0n) is 35.8. The van der Waals surface area contributed by atoms with Crippen LogP contribution in [0.4, 0.5) is 0 Å². The Morgan fingerprint density at radius 3 is 1.85 bits per heavy atom. The molecule has 0 unspecified atom stereocenters. The Balaban J connectivity index is 0.00000437. The number of benzene rings is 9. The van der Waals surface area contributed by atoms with Gasteiger partial charge in [-0.3, -0.25) is 4.57 Å². The summed E-state index contributed by atoms with van der Waals surface area (Å²) in [6.07, 6.45) is 5.71. The van der Waals surface area contributed by atoms with Crippen molar-refractivity contribution in [2.24, 2.45) is 0 Å². The number of aromatic nitrogens is 4. The summed E-state index contributed by atoms with van der Waals surface area (Å²) in [5, 5.41) is 6.05. The molecule has 0 aliphatic carbocycles. The number of pyridine rings is 1. The second-order valence-electron chi connectivity index (χ2n) is 17.1. The molecular weight excluding hydrogens is 1020 g/mol. The molecule has 9 aromatic carbocycles. The summed E-state index contributed by atoms with van der Waals surface area (Å²) in [7, 11) is 0. The van der Waals surface area contributed by atoms with Gasteiger partial charge in [0.05, 0.1) is 16.7 Å². The summed E-state index contributed by atoms with van der Waals surface area (Å²) in [5.41, 5.74) is 15.3. The van der Waals surface area contributed by atoms with E-state index in [0.29, 0.717) is 17.1 Å². The third-order valence-corrected chi connectivity index (χ3v) is 13.3. The van der Waals surface area contributed by atoms with Crippen molar-refractivity contribution in [3.63, 3.8) is 0 Å². The third-order valence-electron chi connectivity index (χ3n) is 13.3.